The van der Waals surface area contributed by atoms with Gasteiger partial charge in [0.1, 0.15) is 17.5 Å². The zero-order valence-corrected chi connectivity index (χ0v) is 19.8. The van der Waals surface area contributed by atoms with Crippen molar-refractivity contribution in [3.63, 3.8) is 0 Å². The minimum Gasteiger partial charge on any atom is -0.373 e. The Morgan fingerprint density at radius 3 is 2.59 bits per heavy atom. The number of hydrogen-bond acceptors (Lipinski definition) is 4. The van der Waals surface area contributed by atoms with Gasteiger partial charge in [-0.25, -0.2) is 13.8 Å². The molecule has 2 N–H and O–H groups in total. The number of carbonyl (C=O) groups excluding carboxylic acids is 1. The SMILES string of the molecule is CCc1cc(=O)[nH]c(-c2c(C(F)(F)F)ccc(CNC(=O)[C@H]3C[C@H](OCc4cccc(F)c4)C3)c2F)n1. The average molecular weight is 521 g/mol. The Labute approximate surface area is 208 Å². The molecule has 0 atom stereocenters. The number of amides is 1. The summed E-state index contributed by atoms with van der Waals surface area (Å²) in [5.41, 5.74) is -2.16. The van der Waals surface area contributed by atoms with E-state index >= 15 is 4.39 Å². The van der Waals surface area contributed by atoms with Gasteiger partial charge in [-0.15, -0.1) is 0 Å². The second kappa shape index (κ2) is 10.8. The van der Waals surface area contributed by atoms with Crippen molar-refractivity contribution in [2.24, 2.45) is 5.92 Å². The zero-order chi connectivity index (χ0) is 26.7. The number of alkyl halides is 3. The molecular weight excluding hydrogens is 497 g/mol. The Bertz CT molecular complexity index is 1350. The number of benzene rings is 2. The Morgan fingerprint density at radius 2 is 1.92 bits per heavy atom. The van der Waals surface area contributed by atoms with Crippen LogP contribution in [0.3, 0.4) is 0 Å². The van der Waals surface area contributed by atoms with Crippen molar-refractivity contribution in [3.05, 3.63) is 86.8 Å². The molecule has 6 nitrogen and oxygen atoms in total. The van der Waals surface area contributed by atoms with Crippen molar-refractivity contribution in [2.75, 3.05) is 0 Å². The lowest BCUT2D eigenvalue weighted by Gasteiger charge is -2.34. The fraction of sp³-hybridized carbons (Fsp3) is 0.346. The summed E-state index contributed by atoms with van der Waals surface area (Å²) < 4.78 is 75.2. The van der Waals surface area contributed by atoms with Crippen LogP contribution in [0.1, 0.15) is 42.1 Å². The van der Waals surface area contributed by atoms with Gasteiger partial charge in [-0.05, 0) is 43.0 Å². The third-order valence-corrected chi connectivity index (χ3v) is 6.21. The molecule has 0 bridgehead atoms. The molecule has 4 rings (SSSR count). The Kier molecular flexibility index (Phi) is 7.72. The maximum atomic E-state index is 15.4. The number of rotatable bonds is 8. The quantitative estimate of drug-likeness (QED) is 0.413. The lowest BCUT2D eigenvalue weighted by molar-refractivity contribution is -0.137. The number of aromatic amines is 1. The third-order valence-electron chi connectivity index (χ3n) is 6.21. The number of aromatic nitrogens is 2. The smallest absolute Gasteiger partial charge is 0.373 e. The van der Waals surface area contributed by atoms with Crippen molar-refractivity contribution >= 4 is 5.91 Å². The molecule has 1 fully saturated rings. The van der Waals surface area contributed by atoms with Gasteiger partial charge < -0.3 is 15.0 Å². The van der Waals surface area contributed by atoms with Crippen molar-refractivity contribution in [3.8, 4) is 11.4 Å². The molecule has 196 valence electrons. The van der Waals surface area contributed by atoms with Gasteiger partial charge in [0.2, 0.25) is 5.91 Å². The van der Waals surface area contributed by atoms with Crippen LogP contribution in [0.5, 0.6) is 0 Å². The highest BCUT2D eigenvalue weighted by atomic mass is 19.4. The monoisotopic (exact) mass is 521 g/mol. The lowest BCUT2D eigenvalue weighted by Crippen LogP contribution is -2.42. The fourth-order valence-electron chi connectivity index (χ4n) is 4.11. The van der Waals surface area contributed by atoms with E-state index in [1.165, 1.54) is 12.1 Å². The van der Waals surface area contributed by atoms with E-state index in [4.69, 9.17) is 4.74 Å². The number of nitrogens with one attached hydrogen (secondary N) is 2. The van der Waals surface area contributed by atoms with Crippen molar-refractivity contribution in [1.82, 2.24) is 15.3 Å². The predicted molar refractivity (Wildman–Crippen MR) is 124 cm³/mol. The molecule has 11 heteroatoms. The zero-order valence-electron chi connectivity index (χ0n) is 19.8. The summed E-state index contributed by atoms with van der Waals surface area (Å²) in [5.74, 6) is -2.90. The number of hydrogen-bond donors (Lipinski definition) is 2. The molecule has 1 aliphatic carbocycles. The van der Waals surface area contributed by atoms with Crippen LogP contribution in [0.15, 0.2) is 47.3 Å². The summed E-state index contributed by atoms with van der Waals surface area (Å²) >= 11 is 0. The summed E-state index contributed by atoms with van der Waals surface area (Å²) in [6, 6.07) is 8.78. The highest BCUT2D eigenvalue weighted by Crippen LogP contribution is 2.38. The molecule has 0 spiro atoms. The van der Waals surface area contributed by atoms with Crippen LogP contribution in [0, 0.1) is 17.6 Å². The second-order valence-corrected chi connectivity index (χ2v) is 8.85. The van der Waals surface area contributed by atoms with Crippen molar-refractivity contribution < 1.29 is 31.5 Å². The van der Waals surface area contributed by atoms with Gasteiger partial charge in [0.15, 0.2) is 0 Å². The van der Waals surface area contributed by atoms with E-state index in [-0.39, 0.29) is 48.7 Å². The molecule has 1 heterocycles. The first-order chi connectivity index (χ1) is 17.5. The van der Waals surface area contributed by atoms with Gasteiger partial charge in [0.25, 0.3) is 5.56 Å². The summed E-state index contributed by atoms with van der Waals surface area (Å²) in [5, 5.41) is 2.56. The van der Waals surface area contributed by atoms with Crippen LogP contribution in [-0.4, -0.2) is 22.0 Å². The van der Waals surface area contributed by atoms with E-state index in [2.05, 4.69) is 15.3 Å². The molecule has 1 aliphatic rings. The summed E-state index contributed by atoms with van der Waals surface area (Å²) in [6.07, 6.45) is -4.00. The second-order valence-electron chi connectivity index (χ2n) is 8.85. The van der Waals surface area contributed by atoms with Crippen LogP contribution in [0.2, 0.25) is 0 Å². The van der Waals surface area contributed by atoms with Gasteiger partial charge >= 0.3 is 6.18 Å². The molecule has 2 aromatic carbocycles. The lowest BCUT2D eigenvalue weighted by atomic mass is 9.81. The first-order valence-corrected chi connectivity index (χ1v) is 11.7. The van der Waals surface area contributed by atoms with Crippen LogP contribution in [0.25, 0.3) is 11.4 Å². The standard InChI is InChI=1S/C26H24F5N3O3/c1-2-18-11-21(35)34-24(33-18)22-20(26(29,30)31)7-6-15(23(22)28)12-32-25(36)16-9-19(10-16)37-13-14-4-3-5-17(27)8-14/h3-8,11,16,19H,2,9-10,12-13H2,1H3,(H,32,36)(H,33,34,35)/t16-,19-. The van der Waals surface area contributed by atoms with Gasteiger partial charge in [0, 0.05) is 29.8 Å². The number of carbonyl (C=O) groups is 1. The van der Waals surface area contributed by atoms with E-state index in [9.17, 15) is 27.2 Å². The number of nitrogens with zero attached hydrogens (tertiary/aromatic N) is 1. The van der Waals surface area contributed by atoms with Gasteiger partial charge in [-0.1, -0.05) is 25.1 Å². The number of aryl methyl sites for hydroxylation is 1. The molecule has 37 heavy (non-hydrogen) atoms. The van der Waals surface area contributed by atoms with Crippen LogP contribution < -0.4 is 10.9 Å². The normalized spacial score (nSPS) is 17.4. The molecule has 1 aromatic heterocycles. The van der Waals surface area contributed by atoms with Gasteiger partial charge in [-0.3, -0.25) is 9.59 Å². The molecule has 3 aromatic rings. The fourth-order valence-corrected chi connectivity index (χ4v) is 4.11. The number of H-pyrrole nitrogens is 1. The minimum atomic E-state index is -4.90. The van der Waals surface area contributed by atoms with E-state index in [1.54, 1.807) is 19.1 Å². The number of halogens is 5. The summed E-state index contributed by atoms with van der Waals surface area (Å²) in [7, 11) is 0. The highest BCUT2D eigenvalue weighted by molar-refractivity contribution is 5.79. The number of ether oxygens (including phenoxy) is 1. The molecule has 0 radical (unpaired) electrons. The van der Waals surface area contributed by atoms with Gasteiger partial charge in [-0.2, -0.15) is 13.2 Å². The Morgan fingerprint density at radius 1 is 1.16 bits per heavy atom. The van der Waals surface area contributed by atoms with Crippen molar-refractivity contribution in [2.45, 2.75) is 51.6 Å². The molecule has 0 aliphatic heterocycles. The van der Waals surface area contributed by atoms with E-state index < -0.39 is 40.4 Å². The topological polar surface area (TPSA) is 84.1 Å². The molecule has 0 unspecified atom stereocenters. The predicted octanol–water partition coefficient (Wildman–Crippen LogP) is 4.91. The molecular formula is C26H24F5N3O3. The molecule has 1 saturated carbocycles. The highest BCUT2D eigenvalue weighted by Gasteiger charge is 2.38. The minimum absolute atomic E-state index is 0.181. The van der Waals surface area contributed by atoms with E-state index in [0.717, 1.165) is 12.1 Å². The van der Waals surface area contributed by atoms with Crippen molar-refractivity contribution in [1.29, 1.82) is 0 Å². The Hall–Kier alpha value is -3.60. The largest absolute Gasteiger partial charge is 0.417 e. The maximum absolute atomic E-state index is 15.4. The first-order valence-electron chi connectivity index (χ1n) is 11.7. The van der Waals surface area contributed by atoms with E-state index in [0.29, 0.717) is 24.5 Å². The van der Waals surface area contributed by atoms with Crippen LogP contribution >= 0.6 is 0 Å². The molecule has 1 amide bonds. The van der Waals surface area contributed by atoms with Crippen LogP contribution in [0.4, 0.5) is 22.0 Å². The third kappa shape index (κ3) is 6.22. The first kappa shape index (κ1) is 26.5. The van der Waals surface area contributed by atoms with Gasteiger partial charge in [0.05, 0.1) is 23.8 Å². The van der Waals surface area contributed by atoms with E-state index in [1.807, 2.05) is 0 Å². The summed E-state index contributed by atoms with van der Waals surface area (Å²) in [6.45, 7) is 1.51. The average Bonchev–Trinajstić information content (AvgIpc) is 2.81. The Balaban J connectivity index is 1.43. The summed E-state index contributed by atoms with van der Waals surface area (Å²) in [4.78, 5) is 30.6. The van der Waals surface area contributed by atoms with Crippen LogP contribution in [-0.2, 0) is 35.3 Å². The maximum Gasteiger partial charge on any atom is 0.417 e. The molecule has 0 saturated heterocycles.